The average molecular weight is 655 g/mol. The molecule has 0 aliphatic carbocycles. The molecule has 0 bridgehead atoms. The predicted octanol–water partition coefficient (Wildman–Crippen LogP) is 4.21. The van der Waals surface area contributed by atoms with Gasteiger partial charge in [-0.25, -0.2) is 9.97 Å². The SMILES string of the molecule is N#CCn1cc(-c2cnc3c(Nc4ccc(C(=O)N5CCN(C(=O)CC6CCNCC6)CC5)c(Cl)c4)nccn23)c(C(F)(F)F)n1. The Labute approximate surface area is 266 Å². The summed E-state index contributed by atoms with van der Waals surface area (Å²) in [4.78, 5) is 38.2. The average Bonchev–Trinajstić information content (AvgIpc) is 3.67. The number of aromatic nitrogens is 5. The second-order valence-corrected chi connectivity index (χ2v) is 11.7. The van der Waals surface area contributed by atoms with Gasteiger partial charge >= 0.3 is 6.18 Å². The molecule has 2 aliphatic heterocycles. The van der Waals surface area contributed by atoms with E-state index < -0.39 is 11.9 Å². The Morgan fingerprint density at radius 3 is 2.54 bits per heavy atom. The van der Waals surface area contributed by atoms with Crippen molar-refractivity contribution in [3.63, 3.8) is 0 Å². The zero-order chi connectivity index (χ0) is 32.4. The zero-order valence-electron chi connectivity index (χ0n) is 24.6. The van der Waals surface area contributed by atoms with Gasteiger partial charge in [-0.3, -0.25) is 18.7 Å². The van der Waals surface area contributed by atoms with E-state index in [-0.39, 0.29) is 46.1 Å². The van der Waals surface area contributed by atoms with E-state index in [1.54, 1.807) is 29.2 Å². The second-order valence-electron chi connectivity index (χ2n) is 11.2. The van der Waals surface area contributed by atoms with Gasteiger partial charge in [0.1, 0.15) is 6.54 Å². The summed E-state index contributed by atoms with van der Waals surface area (Å²) < 4.78 is 43.7. The highest BCUT2D eigenvalue weighted by Crippen LogP contribution is 2.37. The maximum atomic E-state index is 13.8. The Morgan fingerprint density at radius 1 is 1.11 bits per heavy atom. The first kappa shape index (κ1) is 31.3. The van der Waals surface area contributed by atoms with Crippen molar-refractivity contribution in [2.24, 2.45) is 5.92 Å². The van der Waals surface area contributed by atoms with Gasteiger partial charge in [0.15, 0.2) is 17.2 Å². The molecule has 2 amide bonds. The van der Waals surface area contributed by atoms with Crippen molar-refractivity contribution in [3.8, 4) is 17.3 Å². The lowest BCUT2D eigenvalue weighted by atomic mass is 9.94. The molecule has 0 unspecified atom stereocenters. The first-order valence-electron chi connectivity index (χ1n) is 14.8. The first-order valence-corrected chi connectivity index (χ1v) is 15.2. The summed E-state index contributed by atoms with van der Waals surface area (Å²) in [7, 11) is 0. The van der Waals surface area contributed by atoms with E-state index >= 15 is 0 Å². The third-order valence-corrected chi connectivity index (χ3v) is 8.58. The number of benzene rings is 1. The minimum atomic E-state index is -4.75. The fourth-order valence-electron chi connectivity index (χ4n) is 5.87. The molecular weight excluding hydrogens is 625 g/mol. The van der Waals surface area contributed by atoms with E-state index in [2.05, 4.69) is 25.7 Å². The fraction of sp³-hybridized carbons (Fsp3) is 0.400. The number of fused-ring (bicyclic) bond motifs is 1. The normalized spacial score (nSPS) is 16.1. The van der Waals surface area contributed by atoms with Gasteiger partial charge in [0, 0.05) is 56.9 Å². The lowest BCUT2D eigenvalue weighted by Crippen LogP contribution is -2.51. The van der Waals surface area contributed by atoms with Gasteiger partial charge in [0.25, 0.3) is 5.91 Å². The van der Waals surface area contributed by atoms with Gasteiger partial charge in [-0.05, 0) is 50.0 Å². The topological polar surface area (TPSA) is 136 Å². The van der Waals surface area contributed by atoms with Crippen LogP contribution < -0.4 is 10.6 Å². The van der Waals surface area contributed by atoms with Crippen LogP contribution in [0.3, 0.4) is 0 Å². The van der Waals surface area contributed by atoms with Crippen molar-refractivity contribution < 1.29 is 22.8 Å². The highest BCUT2D eigenvalue weighted by atomic mass is 35.5. The van der Waals surface area contributed by atoms with Crippen LogP contribution >= 0.6 is 11.6 Å². The highest BCUT2D eigenvalue weighted by molar-refractivity contribution is 6.34. The van der Waals surface area contributed by atoms with E-state index in [0.717, 1.165) is 36.8 Å². The number of rotatable bonds is 7. The number of hydrogen-bond acceptors (Lipinski definition) is 8. The van der Waals surface area contributed by atoms with Crippen LogP contribution in [0.5, 0.6) is 0 Å². The van der Waals surface area contributed by atoms with Crippen molar-refractivity contribution in [2.45, 2.75) is 32.0 Å². The van der Waals surface area contributed by atoms with Crippen molar-refractivity contribution in [2.75, 3.05) is 44.6 Å². The van der Waals surface area contributed by atoms with Crippen LogP contribution in [0.25, 0.3) is 16.9 Å². The number of hydrogen-bond donors (Lipinski definition) is 2. The third kappa shape index (κ3) is 6.49. The number of piperidine rings is 1. The number of imidazole rings is 1. The maximum Gasteiger partial charge on any atom is 0.435 e. The summed E-state index contributed by atoms with van der Waals surface area (Å²) in [6.07, 6.45) is 3.11. The van der Waals surface area contributed by atoms with Crippen molar-refractivity contribution in [1.29, 1.82) is 5.26 Å². The number of carbonyl (C=O) groups is 2. The van der Waals surface area contributed by atoms with Crippen LogP contribution in [0.4, 0.5) is 24.7 Å². The molecule has 6 rings (SSSR count). The minimum absolute atomic E-state index is 0.115. The summed E-state index contributed by atoms with van der Waals surface area (Å²) in [5.41, 5.74) is -0.215. The molecule has 0 saturated carbocycles. The Bertz CT molecular complexity index is 1800. The number of nitrogens with zero attached hydrogens (tertiary/aromatic N) is 8. The Morgan fingerprint density at radius 2 is 1.85 bits per heavy atom. The molecule has 2 fully saturated rings. The molecule has 5 heterocycles. The highest BCUT2D eigenvalue weighted by Gasteiger charge is 2.38. The molecule has 0 radical (unpaired) electrons. The van der Waals surface area contributed by atoms with E-state index in [4.69, 9.17) is 16.9 Å². The van der Waals surface area contributed by atoms with Crippen LogP contribution in [-0.2, 0) is 17.5 Å². The van der Waals surface area contributed by atoms with Crippen LogP contribution in [0.2, 0.25) is 5.02 Å². The summed E-state index contributed by atoms with van der Waals surface area (Å²) in [5, 5.41) is 19.1. The van der Waals surface area contributed by atoms with Crippen molar-refractivity contribution in [3.05, 3.63) is 59.3 Å². The molecule has 46 heavy (non-hydrogen) atoms. The number of piperazine rings is 1. The Kier molecular flexibility index (Phi) is 8.83. The first-order chi connectivity index (χ1) is 22.1. The molecule has 2 saturated heterocycles. The number of halogens is 4. The largest absolute Gasteiger partial charge is 0.435 e. The van der Waals surface area contributed by atoms with E-state index in [1.807, 2.05) is 4.90 Å². The summed E-state index contributed by atoms with van der Waals surface area (Å²) >= 11 is 6.55. The van der Waals surface area contributed by atoms with Gasteiger partial charge in [0.05, 0.1) is 34.1 Å². The van der Waals surface area contributed by atoms with Gasteiger partial charge < -0.3 is 20.4 Å². The van der Waals surface area contributed by atoms with Crippen molar-refractivity contribution in [1.82, 2.24) is 39.3 Å². The maximum absolute atomic E-state index is 13.8. The van der Waals surface area contributed by atoms with E-state index in [1.165, 1.54) is 23.0 Å². The lowest BCUT2D eigenvalue weighted by molar-refractivity contribution is -0.141. The molecule has 12 nitrogen and oxygen atoms in total. The summed E-state index contributed by atoms with van der Waals surface area (Å²) in [6.45, 7) is 3.30. The fourth-order valence-corrected chi connectivity index (χ4v) is 6.13. The summed E-state index contributed by atoms with van der Waals surface area (Å²) in [6, 6.07) is 6.60. The molecule has 3 aromatic heterocycles. The Hall–Kier alpha value is -4.68. The lowest BCUT2D eigenvalue weighted by Gasteiger charge is -2.36. The molecule has 0 spiro atoms. The van der Waals surface area contributed by atoms with Crippen LogP contribution in [0.1, 0.15) is 35.3 Å². The minimum Gasteiger partial charge on any atom is -0.339 e. The third-order valence-electron chi connectivity index (χ3n) is 8.27. The van der Waals surface area contributed by atoms with Gasteiger partial charge in [-0.15, -0.1) is 0 Å². The molecule has 240 valence electrons. The molecular formula is C30H30ClF3N10O2. The number of alkyl halides is 3. The molecule has 0 atom stereocenters. The van der Waals surface area contributed by atoms with E-state index in [9.17, 15) is 22.8 Å². The molecule has 1 aromatic carbocycles. The monoisotopic (exact) mass is 654 g/mol. The summed E-state index contributed by atoms with van der Waals surface area (Å²) in [5.74, 6) is 0.541. The van der Waals surface area contributed by atoms with Crippen LogP contribution in [0, 0.1) is 17.2 Å². The number of nitriles is 1. The molecule has 2 N–H and O–H groups in total. The number of carbonyl (C=O) groups excluding carboxylic acids is 2. The van der Waals surface area contributed by atoms with Gasteiger partial charge in [-0.1, -0.05) is 11.6 Å². The molecule has 2 aliphatic rings. The predicted molar refractivity (Wildman–Crippen MR) is 162 cm³/mol. The quantitative estimate of drug-likeness (QED) is 0.303. The standard InChI is InChI=1S/C30H30ClF3N10O2/c31-23-16-20(1-2-21(23)29(46)42-13-11-41(12-14-42)25(45)15-19-3-6-36-7-4-19)39-27-28-38-17-24(44(28)10-8-37-27)22-18-43(9-5-35)40-26(22)30(32,33)34/h1-2,8,10,16-19,36H,3-4,6-7,9,11-15H2,(H,37,39). The van der Waals surface area contributed by atoms with Crippen LogP contribution in [-0.4, -0.2) is 85.0 Å². The number of anilines is 2. The number of nitrogens with one attached hydrogen (secondary N) is 2. The smallest absolute Gasteiger partial charge is 0.339 e. The second kappa shape index (κ2) is 13.0. The Balaban J connectivity index is 1.14. The number of amides is 2. The molecule has 16 heteroatoms. The van der Waals surface area contributed by atoms with Gasteiger partial charge in [0.2, 0.25) is 5.91 Å². The van der Waals surface area contributed by atoms with Gasteiger partial charge in [-0.2, -0.15) is 23.5 Å². The van der Waals surface area contributed by atoms with Crippen LogP contribution in [0.15, 0.2) is 43.0 Å². The zero-order valence-corrected chi connectivity index (χ0v) is 25.4. The van der Waals surface area contributed by atoms with Crippen molar-refractivity contribution >= 4 is 40.6 Å². The molecule has 4 aromatic rings. The van der Waals surface area contributed by atoms with E-state index in [0.29, 0.717) is 49.8 Å².